The first kappa shape index (κ1) is 21.0. The minimum atomic E-state index is -1.15. The number of hydrogen-bond donors (Lipinski definition) is 3. The third-order valence-electron chi connectivity index (χ3n) is 4.72. The maximum Gasteiger partial charge on any atom is 0.326 e. The summed E-state index contributed by atoms with van der Waals surface area (Å²) in [6, 6.07) is 21.2. The smallest absolute Gasteiger partial charge is 0.326 e. The van der Waals surface area contributed by atoms with Crippen LogP contribution in [0.15, 0.2) is 78.9 Å². The van der Waals surface area contributed by atoms with Gasteiger partial charge in [-0.25, -0.2) is 4.79 Å². The van der Waals surface area contributed by atoms with Gasteiger partial charge in [0.2, 0.25) is 0 Å². The lowest BCUT2D eigenvalue weighted by Crippen LogP contribution is -2.42. The highest BCUT2D eigenvalue weighted by atomic mass is 16.4. The van der Waals surface area contributed by atoms with Crippen LogP contribution in [0.2, 0.25) is 0 Å². The molecule has 0 heterocycles. The van der Waals surface area contributed by atoms with E-state index >= 15 is 0 Å². The Morgan fingerprint density at radius 1 is 0.800 bits per heavy atom. The summed E-state index contributed by atoms with van der Waals surface area (Å²) in [5, 5.41) is 12.1. The van der Waals surface area contributed by atoms with Crippen molar-refractivity contribution in [3.63, 3.8) is 0 Å². The molecule has 0 aromatic heterocycles. The largest absolute Gasteiger partial charge is 0.480 e. The molecule has 3 rings (SSSR count). The number of benzene rings is 3. The van der Waals surface area contributed by atoms with E-state index in [0.29, 0.717) is 28.8 Å². The van der Waals surface area contributed by atoms with Crippen molar-refractivity contribution in [3.8, 4) is 0 Å². The topological polar surface area (TPSA) is 109 Å². The normalized spacial score (nSPS) is 11.5. The molecule has 0 aliphatic carbocycles. The average Bonchev–Trinajstić information content (AvgIpc) is 2.78. The highest BCUT2D eigenvalue weighted by molar-refractivity contribution is 6.09. The molecule has 0 saturated heterocycles. The molecule has 0 aliphatic rings. The van der Waals surface area contributed by atoms with Gasteiger partial charge in [-0.1, -0.05) is 60.7 Å². The summed E-state index contributed by atoms with van der Waals surface area (Å²) in [6.07, 6.45) is 0.0534. The Kier molecular flexibility index (Phi) is 6.72. The standard InChI is InChI=1S/C24H22N2O4/c25-15-16-9-11-19(12-10-16)23(28)26-21(24(29)30)14-17-5-4-8-20(13-17)22(27)18-6-2-1-3-7-18/h1-13,21H,14-15,25H2,(H,26,28)(H,29,30). The fraction of sp³-hybridized carbons (Fsp3) is 0.125. The van der Waals surface area contributed by atoms with Gasteiger partial charge in [0.05, 0.1) is 0 Å². The number of nitrogens with one attached hydrogen (secondary N) is 1. The molecule has 6 heteroatoms. The van der Waals surface area contributed by atoms with E-state index < -0.39 is 17.9 Å². The molecular formula is C24H22N2O4. The Labute approximate surface area is 174 Å². The van der Waals surface area contributed by atoms with Crippen LogP contribution in [0.1, 0.15) is 37.4 Å². The van der Waals surface area contributed by atoms with Gasteiger partial charge in [-0.2, -0.15) is 0 Å². The zero-order chi connectivity index (χ0) is 21.5. The van der Waals surface area contributed by atoms with Crippen molar-refractivity contribution < 1.29 is 19.5 Å². The van der Waals surface area contributed by atoms with Crippen molar-refractivity contribution in [2.75, 3.05) is 0 Å². The predicted molar refractivity (Wildman–Crippen MR) is 113 cm³/mol. The molecule has 0 fully saturated rings. The summed E-state index contributed by atoms with van der Waals surface area (Å²) in [6.45, 7) is 0.359. The van der Waals surface area contributed by atoms with Crippen LogP contribution in [-0.4, -0.2) is 28.8 Å². The SMILES string of the molecule is NCc1ccc(C(=O)NC(Cc2cccc(C(=O)c3ccccc3)c2)C(=O)O)cc1. The maximum absolute atomic E-state index is 12.6. The molecule has 3 aromatic rings. The molecule has 152 valence electrons. The van der Waals surface area contributed by atoms with Crippen molar-refractivity contribution >= 4 is 17.7 Å². The Balaban J connectivity index is 1.74. The van der Waals surface area contributed by atoms with E-state index in [-0.39, 0.29) is 12.2 Å². The third-order valence-corrected chi connectivity index (χ3v) is 4.72. The summed E-state index contributed by atoms with van der Waals surface area (Å²) in [5.41, 5.74) is 8.44. The molecule has 0 bridgehead atoms. The van der Waals surface area contributed by atoms with E-state index in [1.165, 1.54) is 0 Å². The number of carbonyl (C=O) groups excluding carboxylic acids is 2. The molecule has 3 aromatic carbocycles. The lowest BCUT2D eigenvalue weighted by atomic mass is 9.98. The minimum absolute atomic E-state index is 0.0534. The molecule has 1 unspecified atom stereocenters. The van der Waals surface area contributed by atoms with Gasteiger partial charge >= 0.3 is 5.97 Å². The summed E-state index contributed by atoms with van der Waals surface area (Å²) in [4.78, 5) is 36.8. The molecule has 1 atom stereocenters. The van der Waals surface area contributed by atoms with Gasteiger partial charge in [-0.3, -0.25) is 9.59 Å². The second-order valence-electron chi connectivity index (χ2n) is 6.86. The molecule has 0 aliphatic heterocycles. The van der Waals surface area contributed by atoms with Crippen molar-refractivity contribution in [3.05, 3.63) is 107 Å². The second kappa shape index (κ2) is 9.62. The van der Waals surface area contributed by atoms with E-state index in [2.05, 4.69) is 5.32 Å². The average molecular weight is 402 g/mol. The monoisotopic (exact) mass is 402 g/mol. The predicted octanol–water partition coefficient (Wildman–Crippen LogP) is 2.80. The number of rotatable bonds is 8. The van der Waals surface area contributed by atoms with E-state index in [0.717, 1.165) is 5.56 Å². The molecule has 0 spiro atoms. The zero-order valence-electron chi connectivity index (χ0n) is 16.2. The Bertz CT molecular complexity index is 1050. The lowest BCUT2D eigenvalue weighted by molar-refractivity contribution is -0.139. The lowest BCUT2D eigenvalue weighted by Gasteiger charge is -2.15. The summed E-state index contributed by atoms with van der Waals surface area (Å²) in [7, 11) is 0. The second-order valence-corrected chi connectivity index (χ2v) is 6.86. The van der Waals surface area contributed by atoms with Crippen molar-refractivity contribution in [1.82, 2.24) is 5.32 Å². The van der Waals surface area contributed by atoms with E-state index in [4.69, 9.17) is 5.73 Å². The number of aliphatic carboxylic acids is 1. The van der Waals surface area contributed by atoms with Gasteiger partial charge in [0.15, 0.2) is 5.78 Å². The fourth-order valence-electron chi connectivity index (χ4n) is 3.07. The van der Waals surface area contributed by atoms with Crippen LogP contribution in [0.3, 0.4) is 0 Å². The number of hydrogen-bond acceptors (Lipinski definition) is 4. The highest BCUT2D eigenvalue weighted by Crippen LogP contribution is 2.14. The van der Waals surface area contributed by atoms with Crippen LogP contribution in [0.5, 0.6) is 0 Å². The van der Waals surface area contributed by atoms with Gasteiger partial charge in [0.1, 0.15) is 6.04 Å². The van der Waals surface area contributed by atoms with Crippen LogP contribution in [0.25, 0.3) is 0 Å². The van der Waals surface area contributed by atoms with Crippen molar-refractivity contribution in [2.24, 2.45) is 5.73 Å². The number of nitrogens with two attached hydrogens (primary N) is 1. The molecule has 6 nitrogen and oxygen atoms in total. The van der Waals surface area contributed by atoms with E-state index in [1.54, 1.807) is 72.8 Å². The Hall–Kier alpha value is -3.77. The van der Waals surface area contributed by atoms with Crippen LogP contribution in [-0.2, 0) is 17.8 Å². The molecule has 0 saturated carbocycles. The van der Waals surface area contributed by atoms with Crippen molar-refractivity contribution in [1.29, 1.82) is 0 Å². The Morgan fingerprint density at radius 2 is 1.47 bits per heavy atom. The zero-order valence-corrected chi connectivity index (χ0v) is 16.2. The fourth-order valence-corrected chi connectivity index (χ4v) is 3.07. The Morgan fingerprint density at radius 3 is 2.10 bits per heavy atom. The number of amides is 1. The highest BCUT2D eigenvalue weighted by Gasteiger charge is 2.22. The van der Waals surface area contributed by atoms with Gasteiger partial charge in [0.25, 0.3) is 5.91 Å². The van der Waals surface area contributed by atoms with Crippen LogP contribution in [0, 0.1) is 0 Å². The third kappa shape index (κ3) is 5.18. The van der Waals surface area contributed by atoms with Gasteiger partial charge in [-0.15, -0.1) is 0 Å². The molecule has 1 amide bonds. The number of carboxylic acid groups (broad SMARTS) is 1. The van der Waals surface area contributed by atoms with Gasteiger partial charge in [0, 0.05) is 29.7 Å². The first-order valence-electron chi connectivity index (χ1n) is 9.49. The van der Waals surface area contributed by atoms with Crippen LogP contribution in [0.4, 0.5) is 0 Å². The summed E-state index contributed by atoms with van der Waals surface area (Å²) in [5.74, 6) is -1.78. The number of carbonyl (C=O) groups is 3. The van der Waals surface area contributed by atoms with Gasteiger partial charge in [-0.05, 0) is 29.3 Å². The first-order valence-corrected chi connectivity index (χ1v) is 9.49. The summed E-state index contributed by atoms with van der Waals surface area (Å²) < 4.78 is 0. The molecule has 4 N–H and O–H groups in total. The number of ketones is 1. The quantitative estimate of drug-likeness (QED) is 0.502. The van der Waals surface area contributed by atoms with E-state index in [1.807, 2.05) is 6.07 Å². The maximum atomic E-state index is 12.6. The minimum Gasteiger partial charge on any atom is -0.480 e. The number of carboxylic acids is 1. The summed E-state index contributed by atoms with van der Waals surface area (Å²) >= 11 is 0. The molecule has 30 heavy (non-hydrogen) atoms. The van der Waals surface area contributed by atoms with Gasteiger partial charge < -0.3 is 16.2 Å². The molecular weight excluding hydrogens is 380 g/mol. The molecule has 0 radical (unpaired) electrons. The van der Waals surface area contributed by atoms with Crippen molar-refractivity contribution in [2.45, 2.75) is 19.0 Å². The van der Waals surface area contributed by atoms with E-state index in [9.17, 15) is 19.5 Å². The van der Waals surface area contributed by atoms with Crippen LogP contribution < -0.4 is 11.1 Å². The first-order chi connectivity index (χ1) is 14.5. The van der Waals surface area contributed by atoms with Crippen LogP contribution >= 0.6 is 0 Å².